The summed E-state index contributed by atoms with van der Waals surface area (Å²) in [4.78, 5) is 50.8. The molecular weight excluding hydrogens is 466 g/mol. The predicted octanol–water partition coefficient (Wildman–Crippen LogP) is 4.06. The topological polar surface area (TPSA) is 121 Å². The van der Waals surface area contributed by atoms with E-state index in [1.54, 1.807) is 26.8 Å². The second kappa shape index (κ2) is 10.8. The highest BCUT2D eigenvalue weighted by molar-refractivity contribution is 6.00. The van der Waals surface area contributed by atoms with Crippen molar-refractivity contribution in [1.29, 1.82) is 0 Å². The average molecular weight is 498 g/mol. The SMILES string of the molecule is CCOC(=O)c1cc2cc(C3C(C(=O)OC)=C(C)NC(C)=C3C(=O)OC)cc(C(C)CC)c2oc1=O. The molecule has 1 aromatic carbocycles. The molecule has 0 radical (unpaired) electrons. The van der Waals surface area contributed by atoms with Crippen molar-refractivity contribution in [2.24, 2.45) is 0 Å². The Labute approximate surface area is 209 Å². The Morgan fingerprint density at radius 3 is 2.06 bits per heavy atom. The highest BCUT2D eigenvalue weighted by Gasteiger charge is 2.38. The lowest BCUT2D eigenvalue weighted by Gasteiger charge is -2.30. The van der Waals surface area contributed by atoms with E-state index in [0.29, 0.717) is 33.5 Å². The molecule has 1 aromatic heterocycles. The number of hydrogen-bond donors (Lipinski definition) is 1. The molecule has 2 heterocycles. The van der Waals surface area contributed by atoms with Gasteiger partial charge in [0.25, 0.3) is 0 Å². The van der Waals surface area contributed by atoms with Crippen molar-refractivity contribution >= 4 is 28.9 Å². The maximum atomic E-state index is 12.9. The third kappa shape index (κ3) is 4.78. The second-order valence-electron chi connectivity index (χ2n) is 8.62. The summed E-state index contributed by atoms with van der Waals surface area (Å²) >= 11 is 0. The summed E-state index contributed by atoms with van der Waals surface area (Å²) < 4.78 is 20.7. The van der Waals surface area contributed by atoms with Gasteiger partial charge in [0.15, 0.2) is 0 Å². The van der Waals surface area contributed by atoms with Crippen molar-refractivity contribution in [2.45, 2.75) is 52.9 Å². The van der Waals surface area contributed by atoms with E-state index in [1.165, 1.54) is 20.3 Å². The number of dihydropyridines is 1. The number of rotatable bonds is 7. The number of nitrogens with one attached hydrogen (secondary N) is 1. The van der Waals surface area contributed by atoms with Crippen LogP contribution < -0.4 is 10.9 Å². The van der Waals surface area contributed by atoms with E-state index in [2.05, 4.69) is 5.32 Å². The monoisotopic (exact) mass is 497 g/mol. The molecule has 0 amide bonds. The Bertz CT molecular complexity index is 1310. The normalized spacial score (nSPS) is 15.0. The van der Waals surface area contributed by atoms with Gasteiger partial charge >= 0.3 is 23.5 Å². The van der Waals surface area contributed by atoms with Gasteiger partial charge in [-0.1, -0.05) is 19.9 Å². The van der Waals surface area contributed by atoms with Crippen LogP contribution in [0.4, 0.5) is 0 Å². The number of methoxy groups -OCH3 is 2. The summed E-state index contributed by atoms with van der Waals surface area (Å²) in [6, 6.07) is 4.96. The Balaban J connectivity index is 2.41. The zero-order valence-corrected chi connectivity index (χ0v) is 21.6. The van der Waals surface area contributed by atoms with Gasteiger partial charge < -0.3 is 23.9 Å². The summed E-state index contributed by atoms with van der Waals surface area (Å²) in [6.45, 7) is 9.17. The van der Waals surface area contributed by atoms with Crippen LogP contribution in [0.5, 0.6) is 0 Å². The number of carbonyl (C=O) groups is 3. The molecule has 0 bridgehead atoms. The van der Waals surface area contributed by atoms with E-state index in [4.69, 9.17) is 18.6 Å². The fraction of sp³-hybridized carbons (Fsp3) is 0.407. The van der Waals surface area contributed by atoms with Gasteiger partial charge in [0.2, 0.25) is 0 Å². The van der Waals surface area contributed by atoms with Gasteiger partial charge in [-0.2, -0.15) is 0 Å². The van der Waals surface area contributed by atoms with Crippen molar-refractivity contribution in [3.05, 3.63) is 67.8 Å². The Morgan fingerprint density at radius 2 is 1.56 bits per heavy atom. The van der Waals surface area contributed by atoms with Crippen LogP contribution in [0, 0.1) is 0 Å². The van der Waals surface area contributed by atoms with Gasteiger partial charge in [-0.15, -0.1) is 0 Å². The molecule has 9 nitrogen and oxygen atoms in total. The number of allylic oxidation sites excluding steroid dienone is 2. The Morgan fingerprint density at radius 1 is 0.972 bits per heavy atom. The van der Waals surface area contributed by atoms with Crippen molar-refractivity contribution in [1.82, 2.24) is 5.32 Å². The molecular formula is C27H31NO8. The minimum Gasteiger partial charge on any atom is -0.466 e. The molecule has 0 saturated heterocycles. The maximum Gasteiger partial charge on any atom is 0.351 e. The van der Waals surface area contributed by atoms with E-state index < -0.39 is 29.5 Å². The first-order valence-corrected chi connectivity index (χ1v) is 11.7. The van der Waals surface area contributed by atoms with Crippen LogP contribution in [0.1, 0.15) is 74.4 Å². The zero-order chi connectivity index (χ0) is 26.7. The summed E-state index contributed by atoms with van der Waals surface area (Å²) in [5, 5.41) is 3.54. The fourth-order valence-electron chi connectivity index (χ4n) is 4.48. The molecule has 0 fully saturated rings. The Kier molecular flexibility index (Phi) is 8.02. The highest BCUT2D eigenvalue weighted by atomic mass is 16.5. The molecule has 1 aliphatic heterocycles. The third-order valence-corrected chi connectivity index (χ3v) is 6.43. The molecule has 192 valence electrons. The van der Waals surface area contributed by atoms with Crippen LogP contribution >= 0.6 is 0 Å². The largest absolute Gasteiger partial charge is 0.466 e. The zero-order valence-electron chi connectivity index (χ0n) is 21.6. The first-order valence-electron chi connectivity index (χ1n) is 11.7. The highest BCUT2D eigenvalue weighted by Crippen LogP contribution is 2.42. The standard InChI is InChI=1S/C27H31NO8/c1-8-13(3)18-11-16(10-17-12-19(24(29)35-9-2)25(30)36-23(17)18)22-20(26(31)33-6)14(4)28-15(5)21(22)27(32)34-7/h10-13,22,28H,8-9H2,1-7H3. The summed E-state index contributed by atoms with van der Waals surface area (Å²) in [5.74, 6) is -2.85. The molecule has 0 saturated carbocycles. The number of hydrogen-bond acceptors (Lipinski definition) is 9. The second-order valence-corrected chi connectivity index (χ2v) is 8.62. The molecule has 1 unspecified atom stereocenters. The number of benzene rings is 1. The lowest BCUT2D eigenvalue weighted by molar-refractivity contribution is -0.137. The number of carbonyl (C=O) groups excluding carboxylic acids is 3. The molecule has 0 spiro atoms. The molecule has 3 rings (SSSR count). The van der Waals surface area contributed by atoms with Crippen LogP contribution in [-0.4, -0.2) is 38.7 Å². The van der Waals surface area contributed by atoms with Crippen molar-refractivity contribution < 1.29 is 33.0 Å². The van der Waals surface area contributed by atoms with Crippen molar-refractivity contribution in [3.8, 4) is 0 Å². The van der Waals surface area contributed by atoms with Gasteiger partial charge in [-0.05, 0) is 56.4 Å². The number of fused-ring (bicyclic) bond motifs is 1. The Hall–Kier alpha value is -3.88. The number of ether oxygens (including phenoxy) is 3. The van der Waals surface area contributed by atoms with Gasteiger partial charge in [0, 0.05) is 16.8 Å². The first kappa shape index (κ1) is 26.7. The van der Waals surface area contributed by atoms with E-state index in [9.17, 15) is 19.2 Å². The van der Waals surface area contributed by atoms with Crippen molar-refractivity contribution in [2.75, 3.05) is 20.8 Å². The molecule has 1 aliphatic rings. The maximum absolute atomic E-state index is 12.9. The molecule has 36 heavy (non-hydrogen) atoms. The summed E-state index contributed by atoms with van der Waals surface area (Å²) in [5.41, 5.74) is 2.17. The third-order valence-electron chi connectivity index (χ3n) is 6.43. The summed E-state index contributed by atoms with van der Waals surface area (Å²) in [6.07, 6.45) is 0.728. The van der Waals surface area contributed by atoms with Crippen LogP contribution in [-0.2, 0) is 23.8 Å². The molecule has 1 atom stereocenters. The fourth-order valence-corrected chi connectivity index (χ4v) is 4.48. The van der Waals surface area contributed by atoms with E-state index >= 15 is 0 Å². The quantitative estimate of drug-likeness (QED) is 0.343. The van der Waals surface area contributed by atoms with Gasteiger partial charge in [0.05, 0.1) is 37.9 Å². The van der Waals surface area contributed by atoms with Gasteiger partial charge in [-0.25, -0.2) is 19.2 Å². The van der Waals surface area contributed by atoms with Gasteiger partial charge in [0.1, 0.15) is 11.1 Å². The van der Waals surface area contributed by atoms with Crippen LogP contribution in [0.3, 0.4) is 0 Å². The molecule has 2 aromatic rings. The minimum atomic E-state index is -0.823. The number of esters is 3. The first-order chi connectivity index (χ1) is 17.1. The van der Waals surface area contributed by atoms with Crippen molar-refractivity contribution in [3.63, 3.8) is 0 Å². The van der Waals surface area contributed by atoms with Crippen LogP contribution in [0.25, 0.3) is 11.0 Å². The van der Waals surface area contributed by atoms with Gasteiger partial charge in [-0.3, -0.25) is 0 Å². The minimum absolute atomic E-state index is 0.0379. The predicted molar refractivity (Wildman–Crippen MR) is 132 cm³/mol. The summed E-state index contributed by atoms with van der Waals surface area (Å²) in [7, 11) is 2.54. The molecule has 9 heteroatoms. The lowest BCUT2D eigenvalue weighted by Crippen LogP contribution is -2.32. The van der Waals surface area contributed by atoms with E-state index in [1.807, 2.05) is 19.9 Å². The van der Waals surface area contributed by atoms with E-state index in [0.717, 1.165) is 6.42 Å². The lowest BCUT2D eigenvalue weighted by atomic mass is 9.78. The smallest absolute Gasteiger partial charge is 0.351 e. The molecule has 1 N–H and O–H groups in total. The van der Waals surface area contributed by atoms with Crippen LogP contribution in [0.2, 0.25) is 0 Å². The van der Waals surface area contributed by atoms with E-state index in [-0.39, 0.29) is 29.2 Å². The average Bonchev–Trinajstić information content (AvgIpc) is 2.86. The van der Waals surface area contributed by atoms with Crippen LogP contribution in [0.15, 0.2) is 50.0 Å². The molecule has 0 aliphatic carbocycles.